The lowest BCUT2D eigenvalue weighted by Crippen LogP contribution is -2.50. The Kier molecular flexibility index (Phi) is 5.59. The predicted octanol–water partition coefficient (Wildman–Crippen LogP) is 2.37. The van der Waals surface area contributed by atoms with E-state index in [1.807, 2.05) is 18.2 Å². The van der Waals surface area contributed by atoms with Gasteiger partial charge >= 0.3 is 0 Å². The van der Waals surface area contributed by atoms with Crippen molar-refractivity contribution in [1.29, 1.82) is 0 Å². The number of ether oxygens (including phenoxy) is 1. The molecule has 0 spiro atoms. The highest BCUT2D eigenvalue weighted by atomic mass is 16.5. The third kappa shape index (κ3) is 3.68. The number of hydrogen-bond donors (Lipinski definition) is 2. The topological polar surface area (TPSA) is 64.4 Å². The Balaban J connectivity index is 2.04. The van der Waals surface area contributed by atoms with Crippen LogP contribution < -0.4 is 11.1 Å². The zero-order valence-electron chi connectivity index (χ0n) is 13.8. The van der Waals surface area contributed by atoms with E-state index in [1.54, 1.807) is 0 Å². The maximum Gasteiger partial charge on any atom is 0.249 e. The smallest absolute Gasteiger partial charge is 0.249 e. The molecule has 122 valence electrons. The molecule has 3 N–H and O–H groups in total. The van der Waals surface area contributed by atoms with E-state index < -0.39 is 0 Å². The first-order valence-corrected chi connectivity index (χ1v) is 8.20. The van der Waals surface area contributed by atoms with Gasteiger partial charge in [-0.2, -0.15) is 0 Å². The Hall–Kier alpha value is -1.39. The third-order valence-corrected chi connectivity index (χ3v) is 4.78. The number of amides is 1. The molecule has 2 rings (SSSR count). The summed E-state index contributed by atoms with van der Waals surface area (Å²) in [6.45, 7) is 6.94. The molecule has 1 heterocycles. The fraction of sp³-hybridized carbons (Fsp3) is 0.611. The Morgan fingerprint density at radius 1 is 1.36 bits per heavy atom. The van der Waals surface area contributed by atoms with Crippen LogP contribution in [0.15, 0.2) is 30.3 Å². The standard InChI is InChI=1S/C18H28N2O2/c1-4-16(18(2,3)13-8-6-5-7-9-13)20-17(21)15-11-10-14(12-19)22-15/h5-9,14-16H,4,10-12,19H2,1-3H3,(H,20,21)/t14-,15+,16?/m1/s1. The average molecular weight is 304 g/mol. The van der Waals surface area contributed by atoms with Gasteiger partial charge in [-0.1, -0.05) is 51.1 Å². The van der Waals surface area contributed by atoms with E-state index in [2.05, 4.69) is 38.2 Å². The van der Waals surface area contributed by atoms with Crippen molar-refractivity contribution in [2.45, 2.75) is 63.7 Å². The van der Waals surface area contributed by atoms with Crippen LogP contribution in [-0.4, -0.2) is 30.7 Å². The predicted molar refractivity (Wildman–Crippen MR) is 88.6 cm³/mol. The quantitative estimate of drug-likeness (QED) is 0.848. The Morgan fingerprint density at radius 2 is 2.05 bits per heavy atom. The maximum absolute atomic E-state index is 12.5. The van der Waals surface area contributed by atoms with Gasteiger partial charge in [0.2, 0.25) is 5.91 Å². The van der Waals surface area contributed by atoms with Crippen LogP contribution in [0.5, 0.6) is 0 Å². The van der Waals surface area contributed by atoms with E-state index in [4.69, 9.17) is 10.5 Å². The molecule has 0 aromatic heterocycles. The van der Waals surface area contributed by atoms with Gasteiger partial charge in [0.25, 0.3) is 0 Å². The lowest BCUT2D eigenvalue weighted by atomic mass is 9.76. The Labute approximate surface area is 133 Å². The molecule has 1 aromatic rings. The normalized spacial score (nSPS) is 23.3. The summed E-state index contributed by atoms with van der Waals surface area (Å²) >= 11 is 0. The first-order valence-electron chi connectivity index (χ1n) is 8.20. The number of hydrogen-bond acceptors (Lipinski definition) is 3. The van der Waals surface area contributed by atoms with Crippen molar-refractivity contribution in [2.24, 2.45) is 5.73 Å². The zero-order valence-corrected chi connectivity index (χ0v) is 13.8. The lowest BCUT2D eigenvalue weighted by Gasteiger charge is -2.35. The maximum atomic E-state index is 12.5. The fourth-order valence-electron chi connectivity index (χ4n) is 3.20. The first kappa shape index (κ1) is 17.0. The number of nitrogens with two attached hydrogens (primary N) is 1. The molecule has 1 aliphatic rings. The van der Waals surface area contributed by atoms with Crippen LogP contribution in [0.4, 0.5) is 0 Å². The van der Waals surface area contributed by atoms with Gasteiger partial charge in [-0.3, -0.25) is 4.79 Å². The van der Waals surface area contributed by atoms with Gasteiger partial charge in [-0.25, -0.2) is 0 Å². The van der Waals surface area contributed by atoms with Gasteiger partial charge < -0.3 is 15.8 Å². The van der Waals surface area contributed by atoms with Crippen LogP contribution in [0.2, 0.25) is 0 Å². The van der Waals surface area contributed by atoms with Crippen LogP contribution in [0.1, 0.15) is 45.6 Å². The number of nitrogens with one attached hydrogen (secondary N) is 1. The second kappa shape index (κ2) is 7.25. The van der Waals surface area contributed by atoms with Crippen LogP contribution in [0.3, 0.4) is 0 Å². The summed E-state index contributed by atoms with van der Waals surface area (Å²) < 4.78 is 5.70. The first-order chi connectivity index (χ1) is 10.5. The van der Waals surface area contributed by atoms with E-state index in [0.717, 1.165) is 19.3 Å². The molecule has 1 aliphatic heterocycles. The van der Waals surface area contributed by atoms with Crippen molar-refractivity contribution in [3.05, 3.63) is 35.9 Å². The molecule has 4 nitrogen and oxygen atoms in total. The molecule has 0 bridgehead atoms. The fourth-order valence-corrected chi connectivity index (χ4v) is 3.20. The molecule has 3 atom stereocenters. The minimum absolute atomic E-state index is 0.00759. The molecule has 0 aliphatic carbocycles. The van der Waals surface area contributed by atoms with Crippen LogP contribution >= 0.6 is 0 Å². The highest BCUT2D eigenvalue weighted by Crippen LogP contribution is 2.29. The van der Waals surface area contributed by atoms with Crippen molar-refractivity contribution in [3.63, 3.8) is 0 Å². The number of benzene rings is 1. The molecule has 1 fully saturated rings. The van der Waals surface area contributed by atoms with E-state index in [9.17, 15) is 4.79 Å². The van der Waals surface area contributed by atoms with Crippen LogP contribution in [0, 0.1) is 0 Å². The molecular formula is C18H28N2O2. The molecule has 1 saturated heterocycles. The van der Waals surface area contributed by atoms with Crippen molar-refractivity contribution in [3.8, 4) is 0 Å². The van der Waals surface area contributed by atoms with E-state index in [-0.39, 0.29) is 29.6 Å². The second-order valence-electron chi connectivity index (χ2n) is 6.62. The van der Waals surface area contributed by atoms with Crippen molar-refractivity contribution in [2.75, 3.05) is 6.54 Å². The van der Waals surface area contributed by atoms with Crippen molar-refractivity contribution < 1.29 is 9.53 Å². The van der Waals surface area contributed by atoms with Crippen LogP contribution in [-0.2, 0) is 14.9 Å². The third-order valence-electron chi connectivity index (χ3n) is 4.78. The minimum Gasteiger partial charge on any atom is -0.364 e. The molecule has 1 unspecified atom stereocenters. The van der Waals surface area contributed by atoms with Gasteiger partial charge in [0.15, 0.2) is 0 Å². The van der Waals surface area contributed by atoms with Crippen molar-refractivity contribution in [1.82, 2.24) is 5.32 Å². The second-order valence-corrected chi connectivity index (χ2v) is 6.62. The molecule has 1 amide bonds. The average Bonchev–Trinajstić information content (AvgIpc) is 3.02. The highest BCUT2D eigenvalue weighted by molar-refractivity contribution is 5.81. The van der Waals surface area contributed by atoms with Gasteiger partial charge in [0.1, 0.15) is 6.10 Å². The summed E-state index contributed by atoms with van der Waals surface area (Å²) in [6.07, 6.45) is 2.18. The number of carbonyl (C=O) groups is 1. The largest absolute Gasteiger partial charge is 0.364 e. The monoisotopic (exact) mass is 304 g/mol. The summed E-state index contributed by atoms with van der Waals surface area (Å²) in [6, 6.07) is 10.4. The van der Waals surface area contributed by atoms with E-state index >= 15 is 0 Å². The van der Waals surface area contributed by atoms with Gasteiger partial charge in [0, 0.05) is 18.0 Å². The Bertz CT molecular complexity index is 487. The summed E-state index contributed by atoms with van der Waals surface area (Å²) in [5, 5.41) is 3.19. The summed E-state index contributed by atoms with van der Waals surface area (Å²) in [4.78, 5) is 12.5. The highest BCUT2D eigenvalue weighted by Gasteiger charge is 2.35. The molecule has 0 saturated carbocycles. The SMILES string of the molecule is CCC(NC(=O)[C@@H]1CC[C@H](CN)O1)C(C)(C)c1ccccc1. The van der Waals surface area contributed by atoms with Gasteiger partial charge in [0.05, 0.1) is 6.10 Å². The summed E-state index contributed by atoms with van der Waals surface area (Å²) in [5.41, 5.74) is 6.72. The van der Waals surface area contributed by atoms with Crippen molar-refractivity contribution >= 4 is 5.91 Å². The minimum atomic E-state index is -0.353. The lowest BCUT2D eigenvalue weighted by molar-refractivity contribution is -0.133. The molecule has 1 aromatic carbocycles. The Morgan fingerprint density at radius 3 is 2.59 bits per heavy atom. The van der Waals surface area contributed by atoms with Crippen LogP contribution in [0.25, 0.3) is 0 Å². The van der Waals surface area contributed by atoms with Gasteiger partial charge in [-0.05, 0) is 24.8 Å². The summed E-state index contributed by atoms with van der Waals surface area (Å²) in [7, 11) is 0. The molecule has 0 radical (unpaired) electrons. The van der Waals surface area contributed by atoms with E-state index in [0.29, 0.717) is 6.54 Å². The van der Waals surface area contributed by atoms with Gasteiger partial charge in [-0.15, -0.1) is 0 Å². The number of carbonyl (C=O) groups excluding carboxylic acids is 1. The molecular weight excluding hydrogens is 276 g/mol. The van der Waals surface area contributed by atoms with E-state index in [1.165, 1.54) is 5.56 Å². The molecule has 4 heteroatoms. The molecule has 22 heavy (non-hydrogen) atoms. The summed E-state index contributed by atoms with van der Waals surface area (Å²) in [5.74, 6) is -0.00759. The number of rotatable bonds is 6. The zero-order chi connectivity index (χ0) is 16.2.